The number of aromatic nitrogens is 1. The normalized spacial score (nSPS) is 10.7. The van der Waals surface area contributed by atoms with Gasteiger partial charge in [0, 0.05) is 13.6 Å². The fourth-order valence-electron chi connectivity index (χ4n) is 1.53. The number of benzene rings is 1. The van der Waals surface area contributed by atoms with Crippen LogP contribution < -0.4 is 11.1 Å². The number of carbonyl (C=O) groups excluding carboxylic acids is 1. The van der Waals surface area contributed by atoms with Crippen LogP contribution in [0.25, 0.3) is 11.1 Å². The maximum Gasteiger partial charge on any atom is 0.419 e. The van der Waals surface area contributed by atoms with E-state index in [1.807, 2.05) is 0 Å². The molecule has 1 aromatic heterocycles. The number of halogens is 1. The first-order valence-corrected chi connectivity index (χ1v) is 5.56. The molecule has 6 heteroatoms. The molecule has 0 saturated heterocycles. The van der Waals surface area contributed by atoms with Crippen molar-refractivity contribution in [1.82, 2.24) is 9.88 Å². The Morgan fingerprint density at radius 3 is 3.00 bits per heavy atom. The van der Waals surface area contributed by atoms with E-state index in [0.29, 0.717) is 17.6 Å². The SMILES string of the molecule is Cn1c(=O)oc2ccc(CNC(=O)CCl)cc21. The van der Waals surface area contributed by atoms with E-state index >= 15 is 0 Å². The Hall–Kier alpha value is -1.75. The topological polar surface area (TPSA) is 64.2 Å². The maximum atomic E-state index is 11.3. The molecule has 1 aromatic carbocycles. The van der Waals surface area contributed by atoms with Crippen molar-refractivity contribution < 1.29 is 9.21 Å². The highest BCUT2D eigenvalue weighted by molar-refractivity contribution is 6.27. The highest BCUT2D eigenvalue weighted by atomic mass is 35.5. The molecule has 5 nitrogen and oxygen atoms in total. The zero-order valence-corrected chi connectivity index (χ0v) is 9.95. The van der Waals surface area contributed by atoms with Gasteiger partial charge >= 0.3 is 5.76 Å². The van der Waals surface area contributed by atoms with Crippen molar-refractivity contribution in [3.8, 4) is 0 Å². The monoisotopic (exact) mass is 254 g/mol. The number of hydrogen-bond acceptors (Lipinski definition) is 3. The van der Waals surface area contributed by atoms with Gasteiger partial charge < -0.3 is 9.73 Å². The summed E-state index contributed by atoms with van der Waals surface area (Å²) in [6, 6.07) is 5.30. The van der Waals surface area contributed by atoms with Crippen LogP contribution in [0.15, 0.2) is 27.4 Å². The Bertz CT molecular complexity index is 615. The van der Waals surface area contributed by atoms with E-state index in [1.165, 1.54) is 4.57 Å². The predicted molar refractivity (Wildman–Crippen MR) is 64.0 cm³/mol. The lowest BCUT2D eigenvalue weighted by molar-refractivity contribution is -0.118. The summed E-state index contributed by atoms with van der Waals surface area (Å²) in [7, 11) is 1.63. The number of alkyl halides is 1. The lowest BCUT2D eigenvalue weighted by Crippen LogP contribution is -2.23. The number of fused-ring (bicyclic) bond motifs is 1. The fourth-order valence-corrected chi connectivity index (χ4v) is 1.62. The van der Waals surface area contributed by atoms with Crippen LogP contribution in [0.1, 0.15) is 5.56 Å². The van der Waals surface area contributed by atoms with Crippen LogP contribution in [-0.2, 0) is 18.4 Å². The van der Waals surface area contributed by atoms with Gasteiger partial charge in [0.25, 0.3) is 0 Å². The van der Waals surface area contributed by atoms with Crippen LogP contribution in [0.3, 0.4) is 0 Å². The number of oxazole rings is 1. The predicted octanol–water partition coefficient (Wildman–Crippen LogP) is 0.986. The van der Waals surface area contributed by atoms with Crippen LogP contribution in [0, 0.1) is 0 Å². The average Bonchev–Trinajstić information content (AvgIpc) is 2.62. The summed E-state index contributed by atoms with van der Waals surface area (Å²) in [6.45, 7) is 0.376. The zero-order valence-electron chi connectivity index (χ0n) is 9.20. The van der Waals surface area contributed by atoms with Crippen molar-refractivity contribution in [3.63, 3.8) is 0 Å². The van der Waals surface area contributed by atoms with Crippen molar-refractivity contribution in [2.75, 3.05) is 5.88 Å². The molecular weight excluding hydrogens is 244 g/mol. The first-order chi connectivity index (χ1) is 8.11. The summed E-state index contributed by atoms with van der Waals surface area (Å²) >= 11 is 5.37. The largest absolute Gasteiger partial charge is 0.419 e. The summed E-state index contributed by atoms with van der Waals surface area (Å²) in [5.74, 6) is -0.693. The molecule has 0 atom stereocenters. The third-order valence-corrected chi connectivity index (χ3v) is 2.71. The highest BCUT2D eigenvalue weighted by Gasteiger charge is 2.06. The average molecular weight is 255 g/mol. The summed E-state index contributed by atoms with van der Waals surface area (Å²) < 4.78 is 6.42. The number of nitrogens with one attached hydrogen (secondary N) is 1. The smallest absolute Gasteiger partial charge is 0.408 e. The van der Waals surface area contributed by atoms with E-state index in [0.717, 1.165) is 5.56 Å². The number of rotatable bonds is 3. The van der Waals surface area contributed by atoms with Crippen LogP contribution in [0.5, 0.6) is 0 Å². The molecule has 17 heavy (non-hydrogen) atoms. The third-order valence-electron chi connectivity index (χ3n) is 2.47. The molecule has 2 rings (SSSR count). The molecular formula is C11H11ClN2O3. The Balaban J connectivity index is 2.28. The second-order valence-electron chi connectivity index (χ2n) is 3.64. The standard InChI is InChI=1S/C11H11ClN2O3/c1-14-8-4-7(6-13-10(15)5-12)2-3-9(8)17-11(14)16/h2-4H,5-6H2,1H3,(H,13,15). The molecule has 90 valence electrons. The fraction of sp³-hybridized carbons (Fsp3) is 0.273. The van der Waals surface area contributed by atoms with Gasteiger partial charge in [0.15, 0.2) is 5.58 Å². The minimum atomic E-state index is -0.401. The van der Waals surface area contributed by atoms with Gasteiger partial charge in [-0.15, -0.1) is 11.6 Å². The van der Waals surface area contributed by atoms with Gasteiger partial charge in [0.2, 0.25) is 5.91 Å². The molecule has 0 radical (unpaired) electrons. The molecule has 1 N–H and O–H groups in total. The van der Waals surface area contributed by atoms with Crippen molar-refractivity contribution in [2.24, 2.45) is 7.05 Å². The second-order valence-corrected chi connectivity index (χ2v) is 3.91. The number of aryl methyl sites for hydroxylation is 1. The van der Waals surface area contributed by atoms with E-state index in [9.17, 15) is 9.59 Å². The first-order valence-electron chi connectivity index (χ1n) is 5.03. The molecule has 0 saturated carbocycles. The van der Waals surface area contributed by atoms with E-state index < -0.39 is 5.76 Å². The highest BCUT2D eigenvalue weighted by Crippen LogP contribution is 2.13. The Labute approximate surface area is 102 Å². The molecule has 1 heterocycles. The lowest BCUT2D eigenvalue weighted by Gasteiger charge is -2.03. The molecule has 0 unspecified atom stereocenters. The molecule has 0 aliphatic rings. The summed E-state index contributed by atoms with van der Waals surface area (Å²) in [6.07, 6.45) is 0. The molecule has 0 fully saturated rings. The van der Waals surface area contributed by atoms with Crippen LogP contribution in [0.2, 0.25) is 0 Å². The van der Waals surface area contributed by atoms with E-state index in [-0.39, 0.29) is 11.8 Å². The van der Waals surface area contributed by atoms with Gasteiger partial charge in [-0.2, -0.15) is 0 Å². The summed E-state index contributed by atoms with van der Waals surface area (Å²) in [5.41, 5.74) is 2.12. The minimum absolute atomic E-state index is 0.0631. The van der Waals surface area contributed by atoms with Gasteiger partial charge in [-0.1, -0.05) is 6.07 Å². The summed E-state index contributed by atoms with van der Waals surface area (Å²) in [4.78, 5) is 22.3. The van der Waals surface area contributed by atoms with E-state index in [2.05, 4.69) is 5.32 Å². The van der Waals surface area contributed by atoms with E-state index in [1.54, 1.807) is 25.2 Å². The van der Waals surface area contributed by atoms with Crippen molar-refractivity contribution in [2.45, 2.75) is 6.54 Å². The van der Waals surface area contributed by atoms with Gasteiger partial charge in [-0.3, -0.25) is 9.36 Å². The molecule has 0 spiro atoms. The van der Waals surface area contributed by atoms with Crippen LogP contribution >= 0.6 is 11.6 Å². The number of hydrogen-bond donors (Lipinski definition) is 1. The second kappa shape index (κ2) is 4.63. The molecule has 2 aromatic rings. The quantitative estimate of drug-likeness (QED) is 0.831. The molecule has 1 amide bonds. The Kier molecular flexibility index (Phi) is 3.19. The molecule has 0 aliphatic carbocycles. The molecule has 0 bridgehead atoms. The van der Waals surface area contributed by atoms with Gasteiger partial charge in [0.05, 0.1) is 5.52 Å². The Morgan fingerprint density at radius 2 is 2.29 bits per heavy atom. The maximum absolute atomic E-state index is 11.3. The first kappa shape index (κ1) is 11.7. The van der Waals surface area contributed by atoms with E-state index in [4.69, 9.17) is 16.0 Å². The van der Waals surface area contributed by atoms with Crippen LogP contribution in [-0.4, -0.2) is 16.4 Å². The number of nitrogens with zero attached hydrogens (tertiary/aromatic N) is 1. The minimum Gasteiger partial charge on any atom is -0.408 e. The van der Waals surface area contributed by atoms with Gasteiger partial charge in [-0.05, 0) is 17.7 Å². The van der Waals surface area contributed by atoms with Crippen molar-refractivity contribution >= 4 is 28.6 Å². The van der Waals surface area contributed by atoms with Gasteiger partial charge in [-0.25, -0.2) is 4.79 Å². The van der Waals surface area contributed by atoms with Crippen molar-refractivity contribution in [1.29, 1.82) is 0 Å². The third kappa shape index (κ3) is 2.34. The number of carbonyl (C=O) groups is 1. The summed E-state index contributed by atoms with van der Waals surface area (Å²) in [5, 5.41) is 2.65. The van der Waals surface area contributed by atoms with Crippen molar-refractivity contribution in [3.05, 3.63) is 34.3 Å². The molecule has 0 aliphatic heterocycles. The zero-order chi connectivity index (χ0) is 12.4. The van der Waals surface area contributed by atoms with Crippen LogP contribution in [0.4, 0.5) is 0 Å². The Morgan fingerprint density at radius 1 is 1.53 bits per heavy atom. The lowest BCUT2D eigenvalue weighted by atomic mass is 10.2. The number of amides is 1. The van der Waals surface area contributed by atoms with Gasteiger partial charge in [0.1, 0.15) is 5.88 Å².